The van der Waals surface area contributed by atoms with E-state index in [4.69, 9.17) is 16.7 Å². The Labute approximate surface area is 133 Å². The fourth-order valence-electron chi connectivity index (χ4n) is 1.85. The molecule has 0 aliphatic heterocycles. The van der Waals surface area contributed by atoms with E-state index in [0.717, 1.165) is 17.1 Å². The zero-order chi connectivity index (χ0) is 17.6. The van der Waals surface area contributed by atoms with E-state index in [0.29, 0.717) is 12.3 Å². The Balaban J connectivity index is 3.29. The van der Waals surface area contributed by atoms with E-state index in [2.05, 4.69) is 9.98 Å². The number of aliphatic imine (C=N–C) groups is 2. The lowest BCUT2D eigenvalue weighted by molar-refractivity contribution is 0.133. The van der Waals surface area contributed by atoms with Crippen LogP contribution in [-0.4, -0.2) is 35.9 Å². The molecule has 0 aliphatic rings. The first kappa shape index (κ1) is 18.2. The third-order valence-corrected chi connectivity index (χ3v) is 3.06. The summed E-state index contributed by atoms with van der Waals surface area (Å²) in [5.74, 6) is -1.26. The topological polar surface area (TPSA) is 107 Å². The van der Waals surface area contributed by atoms with Crippen LogP contribution in [0.3, 0.4) is 0 Å². The maximum absolute atomic E-state index is 14.0. The van der Waals surface area contributed by atoms with Gasteiger partial charge in [-0.25, -0.2) is 13.8 Å². The van der Waals surface area contributed by atoms with Gasteiger partial charge in [0.1, 0.15) is 17.5 Å². The van der Waals surface area contributed by atoms with Gasteiger partial charge in [0.05, 0.1) is 6.54 Å². The summed E-state index contributed by atoms with van der Waals surface area (Å²) in [6, 6.07) is 2.04. The number of benzene rings is 1. The number of rotatable bonds is 4. The molecule has 124 valence electrons. The van der Waals surface area contributed by atoms with Crippen molar-refractivity contribution in [2.45, 2.75) is 19.9 Å². The predicted molar refractivity (Wildman–Crippen MR) is 85.0 cm³/mol. The minimum absolute atomic E-state index is 0.00330. The van der Waals surface area contributed by atoms with Crippen molar-refractivity contribution >= 4 is 17.5 Å². The van der Waals surface area contributed by atoms with Crippen LogP contribution in [0, 0.1) is 23.1 Å². The molecular weight excluding hydrogens is 304 g/mol. The van der Waals surface area contributed by atoms with Crippen LogP contribution in [0.25, 0.3) is 0 Å². The fraction of sp³-hybridized carbons (Fsp3) is 0.357. The van der Waals surface area contributed by atoms with Gasteiger partial charge in [-0.3, -0.25) is 10.0 Å². The largest absolute Gasteiger partial charge is 0.399 e. The number of halogens is 2. The van der Waals surface area contributed by atoms with Crippen molar-refractivity contribution in [3.8, 4) is 6.19 Å². The Hall–Kier alpha value is -2.89. The molecule has 1 rings (SSSR count). The molecule has 23 heavy (non-hydrogen) atoms. The fourth-order valence-corrected chi connectivity index (χ4v) is 1.85. The summed E-state index contributed by atoms with van der Waals surface area (Å²) >= 11 is 0. The summed E-state index contributed by atoms with van der Waals surface area (Å²) in [6.45, 7) is 1.53. The van der Waals surface area contributed by atoms with E-state index in [1.54, 1.807) is 6.92 Å². The van der Waals surface area contributed by atoms with E-state index < -0.39 is 11.6 Å². The van der Waals surface area contributed by atoms with E-state index in [-0.39, 0.29) is 23.8 Å². The number of nitrogens with two attached hydrogens (primary N) is 2. The van der Waals surface area contributed by atoms with Crippen LogP contribution >= 0.6 is 0 Å². The zero-order valence-electron chi connectivity index (χ0n) is 13.2. The van der Waals surface area contributed by atoms with Gasteiger partial charge in [0, 0.05) is 31.8 Å². The standard InChI is InChI=1S/C14H19F2N7/c1-4-13(21-14(19)20-2)23(22(3)8-17)7-10-11(15)5-9(18)6-12(10)16/h5-6H,4,7,18H2,1-3H3,(H2,19,20)/b21-13+. The molecule has 0 bridgehead atoms. The molecule has 0 saturated carbocycles. The number of hydrogen-bond donors (Lipinski definition) is 2. The monoisotopic (exact) mass is 323 g/mol. The van der Waals surface area contributed by atoms with Gasteiger partial charge in [-0.1, -0.05) is 6.92 Å². The molecule has 0 saturated heterocycles. The summed E-state index contributed by atoms with van der Waals surface area (Å²) < 4.78 is 28.0. The molecule has 9 heteroatoms. The van der Waals surface area contributed by atoms with Crippen LogP contribution in [0.2, 0.25) is 0 Å². The number of nitrogen functional groups attached to an aromatic ring is 1. The van der Waals surface area contributed by atoms with Crippen molar-refractivity contribution in [3.05, 3.63) is 29.3 Å². The second kappa shape index (κ2) is 7.93. The summed E-state index contributed by atoms with van der Waals surface area (Å²) in [7, 11) is 2.90. The highest BCUT2D eigenvalue weighted by molar-refractivity contribution is 5.94. The first-order valence-electron chi connectivity index (χ1n) is 6.78. The van der Waals surface area contributed by atoms with Gasteiger partial charge in [-0.2, -0.15) is 10.3 Å². The third kappa shape index (κ3) is 4.54. The van der Waals surface area contributed by atoms with Gasteiger partial charge in [-0.05, 0) is 12.1 Å². The van der Waals surface area contributed by atoms with Gasteiger partial charge in [0.15, 0.2) is 6.19 Å². The first-order chi connectivity index (χ1) is 10.8. The minimum atomic E-state index is -0.800. The molecule has 0 heterocycles. The smallest absolute Gasteiger partial charge is 0.216 e. The molecule has 0 spiro atoms. The van der Waals surface area contributed by atoms with Crippen LogP contribution < -0.4 is 11.5 Å². The Morgan fingerprint density at radius 1 is 1.35 bits per heavy atom. The van der Waals surface area contributed by atoms with E-state index in [1.807, 2.05) is 6.19 Å². The summed E-state index contributed by atoms with van der Waals surface area (Å²) in [6.07, 6.45) is 2.25. The Kier molecular flexibility index (Phi) is 6.26. The summed E-state index contributed by atoms with van der Waals surface area (Å²) in [5.41, 5.74) is 10.7. The maximum Gasteiger partial charge on any atom is 0.216 e. The van der Waals surface area contributed by atoms with E-state index in [9.17, 15) is 8.78 Å². The quantitative estimate of drug-likeness (QED) is 0.218. The van der Waals surface area contributed by atoms with Gasteiger partial charge >= 0.3 is 0 Å². The van der Waals surface area contributed by atoms with Gasteiger partial charge in [0.2, 0.25) is 5.96 Å². The van der Waals surface area contributed by atoms with Crippen molar-refractivity contribution in [2.75, 3.05) is 19.8 Å². The van der Waals surface area contributed by atoms with Crippen LogP contribution in [-0.2, 0) is 6.54 Å². The van der Waals surface area contributed by atoms with Crippen LogP contribution in [0.1, 0.15) is 18.9 Å². The molecule has 0 fully saturated rings. The van der Waals surface area contributed by atoms with Crippen molar-refractivity contribution in [1.82, 2.24) is 10.0 Å². The lowest BCUT2D eigenvalue weighted by Crippen LogP contribution is -2.42. The molecule has 0 amide bonds. The zero-order valence-corrected chi connectivity index (χ0v) is 13.2. The number of amidine groups is 1. The highest BCUT2D eigenvalue weighted by atomic mass is 19.1. The van der Waals surface area contributed by atoms with Crippen molar-refractivity contribution in [1.29, 1.82) is 5.26 Å². The number of nitrogens with zero attached hydrogens (tertiary/aromatic N) is 5. The number of hydrogen-bond acceptors (Lipinski definition) is 4. The number of anilines is 1. The minimum Gasteiger partial charge on any atom is -0.399 e. The molecule has 0 aromatic heterocycles. The predicted octanol–water partition coefficient (Wildman–Crippen LogP) is 1.43. The van der Waals surface area contributed by atoms with Crippen molar-refractivity contribution in [2.24, 2.45) is 15.7 Å². The first-order valence-corrected chi connectivity index (χ1v) is 6.78. The van der Waals surface area contributed by atoms with Crippen molar-refractivity contribution < 1.29 is 8.78 Å². The van der Waals surface area contributed by atoms with Crippen LogP contribution in [0.15, 0.2) is 22.1 Å². The average molecular weight is 323 g/mol. The highest BCUT2D eigenvalue weighted by Crippen LogP contribution is 2.20. The molecule has 1 aromatic rings. The molecular formula is C14H19F2N7. The van der Waals surface area contributed by atoms with E-state index >= 15 is 0 Å². The Morgan fingerprint density at radius 2 is 1.91 bits per heavy atom. The van der Waals surface area contributed by atoms with Crippen LogP contribution in [0.5, 0.6) is 0 Å². The molecule has 0 radical (unpaired) electrons. The lowest BCUT2D eigenvalue weighted by atomic mass is 10.1. The second-order valence-corrected chi connectivity index (χ2v) is 4.61. The highest BCUT2D eigenvalue weighted by Gasteiger charge is 2.20. The van der Waals surface area contributed by atoms with Gasteiger partial charge in [-0.15, -0.1) is 0 Å². The lowest BCUT2D eigenvalue weighted by Gasteiger charge is -2.30. The number of guanidine groups is 1. The summed E-state index contributed by atoms with van der Waals surface area (Å²) in [4.78, 5) is 7.78. The molecule has 0 atom stereocenters. The van der Waals surface area contributed by atoms with Crippen LogP contribution in [0.4, 0.5) is 14.5 Å². The number of nitriles is 1. The summed E-state index contributed by atoms with van der Waals surface area (Å²) in [5, 5.41) is 11.5. The average Bonchev–Trinajstić information content (AvgIpc) is 2.51. The normalized spacial score (nSPS) is 12.0. The van der Waals surface area contributed by atoms with Crippen molar-refractivity contribution in [3.63, 3.8) is 0 Å². The SMILES string of the molecule is CC/C(=N\C(N)=N/C)N(Cc1c(F)cc(N)cc1F)N(C)C#N. The van der Waals surface area contributed by atoms with Gasteiger partial charge in [0.25, 0.3) is 0 Å². The molecule has 7 nitrogen and oxygen atoms in total. The maximum atomic E-state index is 14.0. The van der Waals surface area contributed by atoms with Gasteiger partial charge < -0.3 is 11.5 Å². The third-order valence-electron chi connectivity index (χ3n) is 3.06. The number of hydrazine groups is 1. The Bertz CT molecular complexity index is 641. The Morgan fingerprint density at radius 3 is 2.35 bits per heavy atom. The molecule has 0 aliphatic carbocycles. The van der Waals surface area contributed by atoms with E-state index in [1.165, 1.54) is 19.1 Å². The molecule has 1 aromatic carbocycles. The molecule has 0 unspecified atom stereocenters. The molecule has 4 N–H and O–H groups in total. The second-order valence-electron chi connectivity index (χ2n) is 4.61.